The van der Waals surface area contributed by atoms with Gasteiger partial charge in [0.1, 0.15) is 13.2 Å². The molecule has 1 aromatic rings. The van der Waals surface area contributed by atoms with E-state index >= 15 is 0 Å². The first kappa shape index (κ1) is 13.7. The predicted octanol–water partition coefficient (Wildman–Crippen LogP) is 1.50. The second-order valence-electron chi connectivity index (χ2n) is 4.72. The number of hydrogen-bond donors (Lipinski definition) is 2. The lowest BCUT2D eigenvalue weighted by Crippen LogP contribution is -2.17. The maximum atomic E-state index is 10.6. The molecular formula is C14H20N2O3. The van der Waals surface area contributed by atoms with Crippen molar-refractivity contribution in [3.05, 3.63) is 23.8 Å². The van der Waals surface area contributed by atoms with Gasteiger partial charge in [0.25, 0.3) is 0 Å². The van der Waals surface area contributed by atoms with Gasteiger partial charge in [0.2, 0.25) is 5.91 Å². The quantitative estimate of drug-likeness (QED) is 0.762. The van der Waals surface area contributed by atoms with Gasteiger partial charge >= 0.3 is 0 Å². The van der Waals surface area contributed by atoms with E-state index in [1.54, 1.807) is 0 Å². The Morgan fingerprint density at radius 2 is 1.95 bits per heavy atom. The number of nitrogens with two attached hydrogens (primary N) is 2. The molecule has 0 radical (unpaired) electrons. The molecule has 1 atom stereocenters. The minimum Gasteiger partial charge on any atom is -0.486 e. The number of rotatable bonds is 6. The Labute approximate surface area is 112 Å². The number of fused-ring (bicyclic) bond motifs is 1. The standard InChI is InChI=1S/C14H20N2O3/c15-11(3-1-2-4-14(16)17)10-5-6-12-13(9-10)19-8-7-18-12/h5-6,9,11H,1-4,7-8,15H2,(H2,16,17). The number of unbranched alkanes of at least 4 members (excludes halogenated alkanes) is 1. The Hall–Kier alpha value is -1.75. The monoisotopic (exact) mass is 264 g/mol. The Bertz CT molecular complexity index is 448. The molecule has 0 fully saturated rings. The number of primary amides is 1. The molecule has 19 heavy (non-hydrogen) atoms. The summed E-state index contributed by atoms with van der Waals surface area (Å²) in [7, 11) is 0. The topological polar surface area (TPSA) is 87.6 Å². The Morgan fingerprint density at radius 3 is 2.68 bits per heavy atom. The van der Waals surface area contributed by atoms with Crippen LogP contribution < -0.4 is 20.9 Å². The minimum absolute atomic E-state index is 0.0521. The third-order valence-electron chi connectivity index (χ3n) is 3.18. The van der Waals surface area contributed by atoms with Crippen LogP contribution >= 0.6 is 0 Å². The van der Waals surface area contributed by atoms with Crippen molar-refractivity contribution in [2.24, 2.45) is 11.5 Å². The molecule has 0 aromatic heterocycles. The Kier molecular flexibility index (Phi) is 4.63. The third kappa shape index (κ3) is 3.86. The summed E-state index contributed by atoms with van der Waals surface area (Å²) in [5.74, 6) is 1.28. The number of hydrogen-bond acceptors (Lipinski definition) is 4. The molecule has 104 valence electrons. The van der Waals surface area contributed by atoms with Gasteiger partial charge in [-0.3, -0.25) is 4.79 Å². The summed E-state index contributed by atoms with van der Waals surface area (Å²) < 4.78 is 11.0. The van der Waals surface area contributed by atoms with Crippen LogP contribution in [0.25, 0.3) is 0 Å². The average Bonchev–Trinajstić information content (AvgIpc) is 2.42. The summed E-state index contributed by atoms with van der Waals surface area (Å²) in [5, 5.41) is 0. The molecule has 1 aromatic carbocycles. The average molecular weight is 264 g/mol. The third-order valence-corrected chi connectivity index (χ3v) is 3.18. The molecule has 1 aliphatic heterocycles. The normalized spacial score (nSPS) is 15.0. The maximum Gasteiger partial charge on any atom is 0.217 e. The van der Waals surface area contributed by atoms with Crippen molar-refractivity contribution in [1.29, 1.82) is 0 Å². The van der Waals surface area contributed by atoms with Crippen LogP contribution in [-0.2, 0) is 4.79 Å². The van der Waals surface area contributed by atoms with Crippen molar-refractivity contribution in [3.8, 4) is 11.5 Å². The van der Waals surface area contributed by atoms with Gasteiger partial charge in [-0.25, -0.2) is 0 Å². The maximum absolute atomic E-state index is 10.6. The zero-order valence-electron chi connectivity index (χ0n) is 10.9. The van der Waals surface area contributed by atoms with E-state index in [0.717, 1.165) is 36.3 Å². The van der Waals surface area contributed by atoms with Crippen molar-refractivity contribution >= 4 is 5.91 Å². The van der Waals surface area contributed by atoms with Crippen molar-refractivity contribution in [2.75, 3.05) is 13.2 Å². The lowest BCUT2D eigenvalue weighted by Gasteiger charge is -2.20. The van der Waals surface area contributed by atoms with Gasteiger partial charge in [0.15, 0.2) is 11.5 Å². The first-order valence-corrected chi connectivity index (χ1v) is 6.60. The molecule has 0 spiro atoms. The number of carbonyl (C=O) groups is 1. The van der Waals surface area contributed by atoms with Crippen LogP contribution in [0.5, 0.6) is 11.5 Å². The molecule has 5 heteroatoms. The molecule has 1 unspecified atom stereocenters. The van der Waals surface area contributed by atoms with E-state index < -0.39 is 0 Å². The van der Waals surface area contributed by atoms with Gasteiger partial charge in [-0.15, -0.1) is 0 Å². The number of ether oxygens (including phenoxy) is 2. The summed E-state index contributed by atoms with van der Waals surface area (Å²) in [6.07, 6.45) is 2.92. The van der Waals surface area contributed by atoms with E-state index in [2.05, 4.69) is 0 Å². The molecule has 1 heterocycles. The summed E-state index contributed by atoms with van der Waals surface area (Å²) >= 11 is 0. The highest BCUT2D eigenvalue weighted by atomic mass is 16.6. The van der Waals surface area contributed by atoms with Crippen LogP contribution in [0.15, 0.2) is 18.2 Å². The van der Waals surface area contributed by atoms with Crippen LogP contribution in [-0.4, -0.2) is 19.1 Å². The second kappa shape index (κ2) is 6.43. The zero-order chi connectivity index (χ0) is 13.7. The molecule has 2 rings (SSSR count). The molecule has 5 nitrogen and oxygen atoms in total. The number of carbonyl (C=O) groups excluding carboxylic acids is 1. The highest BCUT2D eigenvalue weighted by Gasteiger charge is 2.14. The van der Waals surface area contributed by atoms with E-state index in [1.165, 1.54) is 0 Å². The minimum atomic E-state index is -0.257. The Morgan fingerprint density at radius 1 is 1.21 bits per heavy atom. The molecular weight excluding hydrogens is 244 g/mol. The van der Waals surface area contributed by atoms with E-state index in [0.29, 0.717) is 19.6 Å². The fourth-order valence-corrected chi connectivity index (χ4v) is 2.12. The van der Waals surface area contributed by atoms with Crippen molar-refractivity contribution < 1.29 is 14.3 Å². The van der Waals surface area contributed by atoms with Crippen molar-refractivity contribution in [1.82, 2.24) is 0 Å². The van der Waals surface area contributed by atoms with Crippen LogP contribution in [0.3, 0.4) is 0 Å². The molecule has 0 saturated carbocycles. The van der Waals surface area contributed by atoms with Crippen LogP contribution in [0.2, 0.25) is 0 Å². The molecule has 1 aliphatic rings. The first-order chi connectivity index (χ1) is 9.16. The summed E-state index contributed by atoms with van der Waals surface area (Å²) in [4.78, 5) is 10.6. The smallest absolute Gasteiger partial charge is 0.217 e. The molecule has 0 saturated heterocycles. The van der Waals surface area contributed by atoms with Gasteiger partial charge in [-0.1, -0.05) is 12.5 Å². The van der Waals surface area contributed by atoms with Gasteiger partial charge in [-0.2, -0.15) is 0 Å². The SMILES string of the molecule is NC(=O)CCCCC(N)c1ccc2c(c1)OCCO2. The largest absolute Gasteiger partial charge is 0.486 e. The van der Waals surface area contributed by atoms with Crippen LogP contribution in [0, 0.1) is 0 Å². The van der Waals surface area contributed by atoms with Gasteiger partial charge in [-0.05, 0) is 30.5 Å². The summed E-state index contributed by atoms with van der Waals surface area (Å²) in [6.45, 7) is 1.16. The molecule has 4 N–H and O–H groups in total. The summed E-state index contributed by atoms with van der Waals surface area (Å²) in [5.41, 5.74) is 12.3. The van der Waals surface area contributed by atoms with E-state index in [1.807, 2.05) is 18.2 Å². The lowest BCUT2D eigenvalue weighted by atomic mass is 10.0. The predicted molar refractivity (Wildman–Crippen MR) is 72.0 cm³/mol. The summed E-state index contributed by atoms with van der Waals surface area (Å²) in [6, 6.07) is 5.75. The van der Waals surface area contributed by atoms with E-state index in [9.17, 15) is 4.79 Å². The molecule has 0 bridgehead atoms. The fraction of sp³-hybridized carbons (Fsp3) is 0.500. The Balaban J connectivity index is 1.88. The molecule has 1 amide bonds. The fourth-order valence-electron chi connectivity index (χ4n) is 2.12. The van der Waals surface area contributed by atoms with E-state index in [-0.39, 0.29) is 11.9 Å². The molecule has 0 aliphatic carbocycles. The first-order valence-electron chi connectivity index (χ1n) is 6.60. The van der Waals surface area contributed by atoms with Gasteiger partial charge < -0.3 is 20.9 Å². The number of benzene rings is 1. The second-order valence-corrected chi connectivity index (χ2v) is 4.72. The van der Waals surface area contributed by atoms with Gasteiger partial charge in [0.05, 0.1) is 0 Å². The van der Waals surface area contributed by atoms with Crippen molar-refractivity contribution in [3.63, 3.8) is 0 Å². The number of amides is 1. The zero-order valence-corrected chi connectivity index (χ0v) is 10.9. The van der Waals surface area contributed by atoms with Gasteiger partial charge in [0, 0.05) is 12.5 Å². The van der Waals surface area contributed by atoms with Crippen molar-refractivity contribution in [2.45, 2.75) is 31.7 Å². The lowest BCUT2D eigenvalue weighted by molar-refractivity contribution is -0.118. The van der Waals surface area contributed by atoms with E-state index in [4.69, 9.17) is 20.9 Å². The van der Waals surface area contributed by atoms with Crippen LogP contribution in [0.1, 0.15) is 37.3 Å². The highest BCUT2D eigenvalue weighted by molar-refractivity contribution is 5.73. The van der Waals surface area contributed by atoms with Crippen LogP contribution in [0.4, 0.5) is 0 Å². The highest BCUT2D eigenvalue weighted by Crippen LogP contribution is 2.33.